The first-order valence-electron chi connectivity index (χ1n) is 8.54. The smallest absolute Gasteiger partial charge is 0.134 e. The predicted octanol–water partition coefficient (Wildman–Crippen LogP) is 0.988. The average molecular weight is 303 g/mol. The van der Waals surface area contributed by atoms with Gasteiger partial charge in [-0.15, -0.1) is 0 Å². The van der Waals surface area contributed by atoms with Gasteiger partial charge in [0.05, 0.1) is 13.2 Å². The van der Waals surface area contributed by atoms with Gasteiger partial charge in [0, 0.05) is 51.4 Å². The highest BCUT2D eigenvalue weighted by atomic mass is 16.5. The van der Waals surface area contributed by atoms with Crippen molar-refractivity contribution in [3.05, 3.63) is 12.4 Å². The van der Waals surface area contributed by atoms with Crippen molar-refractivity contribution >= 4 is 11.6 Å². The molecule has 6 heteroatoms. The number of morpholine rings is 1. The third-order valence-corrected chi connectivity index (χ3v) is 4.89. The summed E-state index contributed by atoms with van der Waals surface area (Å²) >= 11 is 0. The zero-order chi connectivity index (χ0) is 14.8. The third kappa shape index (κ3) is 3.17. The SMILES string of the molecule is c1nc(N2CCOCC2)cc(N2CCCN(C3CC3)CC2)n1. The first-order valence-corrected chi connectivity index (χ1v) is 8.54. The summed E-state index contributed by atoms with van der Waals surface area (Å²) in [5.41, 5.74) is 0. The summed E-state index contributed by atoms with van der Waals surface area (Å²) in [6, 6.07) is 3.02. The first kappa shape index (κ1) is 14.2. The van der Waals surface area contributed by atoms with E-state index in [1.807, 2.05) is 0 Å². The summed E-state index contributed by atoms with van der Waals surface area (Å²) in [7, 11) is 0. The topological polar surface area (TPSA) is 44.7 Å². The Kier molecular flexibility index (Phi) is 4.12. The first-order chi connectivity index (χ1) is 10.9. The number of ether oxygens (including phenoxy) is 1. The van der Waals surface area contributed by atoms with Crippen LogP contribution in [0.2, 0.25) is 0 Å². The molecule has 3 aliphatic rings. The van der Waals surface area contributed by atoms with E-state index in [1.54, 1.807) is 6.33 Å². The van der Waals surface area contributed by atoms with Crippen LogP contribution in [0.1, 0.15) is 19.3 Å². The largest absolute Gasteiger partial charge is 0.378 e. The zero-order valence-electron chi connectivity index (χ0n) is 13.2. The summed E-state index contributed by atoms with van der Waals surface area (Å²) < 4.78 is 5.42. The zero-order valence-corrected chi connectivity index (χ0v) is 13.2. The van der Waals surface area contributed by atoms with E-state index in [0.29, 0.717) is 0 Å². The molecule has 1 aromatic heterocycles. The van der Waals surface area contributed by atoms with Crippen molar-refractivity contribution in [2.24, 2.45) is 0 Å². The number of nitrogens with zero attached hydrogens (tertiary/aromatic N) is 5. The fraction of sp³-hybridized carbons (Fsp3) is 0.750. The quantitative estimate of drug-likeness (QED) is 0.830. The predicted molar refractivity (Wildman–Crippen MR) is 86.5 cm³/mol. The molecular weight excluding hydrogens is 278 g/mol. The second kappa shape index (κ2) is 6.38. The molecule has 22 heavy (non-hydrogen) atoms. The molecule has 6 nitrogen and oxygen atoms in total. The summed E-state index contributed by atoms with van der Waals surface area (Å²) in [4.78, 5) is 16.4. The van der Waals surface area contributed by atoms with Gasteiger partial charge >= 0.3 is 0 Å². The van der Waals surface area contributed by atoms with Gasteiger partial charge in [-0.25, -0.2) is 9.97 Å². The fourth-order valence-corrected chi connectivity index (χ4v) is 3.45. The number of hydrogen-bond acceptors (Lipinski definition) is 6. The lowest BCUT2D eigenvalue weighted by atomic mass is 10.3. The van der Waals surface area contributed by atoms with Gasteiger partial charge in [0.2, 0.25) is 0 Å². The van der Waals surface area contributed by atoms with Gasteiger partial charge < -0.3 is 14.5 Å². The van der Waals surface area contributed by atoms with E-state index in [1.165, 1.54) is 32.4 Å². The molecule has 0 N–H and O–H groups in total. The molecule has 0 bridgehead atoms. The minimum atomic E-state index is 0.791. The van der Waals surface area contributed by atoms with E-state index >= 15 is 0 Å². The van der Waals surface area contributed by atoms with Crippen LogP contribution in [0.5, 0.6) is 0 Å². The van der Waals surface area contributed by atoms with Crippen LogP contribution < -0.4 is 9.80 Å². The Labute approximate surface area is 132 Å². The molecule has 4 rings (SSSR count). The van der Waals surface area contributed by atoms with Crippen molar-refractivity contribution in [3.63, 3.8) is 0 Å². The molecule has 0 amide bonds. The van der Waals surface area contributed by atoms with Gasteiger partial charge in [-0.1, -0.05) is 0 Å². The Bertz CT molecular complexity index is 501. The standard InChI is InChI=1S/C16H25N5O/c1-4-19(14-2-3-14)6-7-20(5-1)15-12-16(18-13-17-15)21-8-10-22-11-9-21/h12-14H,1-11H2. The molecule has 2 saturated heterocycles. The maximum Gasteiger partial charge on any atom is 0.134 e. The Morgan fingerprint density at radius 3 is 2.32 bits per heavy atom. The van der Waals surface area contributed by atoms with Crippen LogP contribution in [0.3, 0.4) is 0 Å². The van der Waals surface area contributed by atoms with E-state index in [4.69, 9.17) is 4.74 Å². The molecule has 2 aliphatic heterocycles. The molecule has 1 saturated carbocycles. The number of hydrogen-bond donors (Lipinski definition) is 0. The van der Waals surface area contributed by atoms with Gasteiger partial charge in [0.25, 0.3) is 0 Å². The molecule has 3 fully saturated rings. The third-order valence-electron chi connectivity index (χ3n) is 4.89. The van der Waals surface area contributed by atoms with E-state index in [0.717, 1.165) is 57.1 Å². The number of aromatic nitrogens is 2. The highest BCUT2D eigenvalue weighted by Gasteiger charge is 2.30. The van der Waals surface area contributed by atoms with Crippen LogP contribution in [-0.4, -0.2) is 73.4 Å². The molecule has 1 aliphatic carbocycles. The van der Waals surface area contributed by atoms with Crippen molar-refractivity contribution in [1.29, 1.82) is 0 Å². The van der Waals surface area contributed by atoms with Crippen LogP contribution in [0, 0.1) is 0 Å². The van der Waals surface area contributed by atoms with Gasteiger partial charge in [-0.05, 0) is 19.3 Å². The van der Waals surface area contributed by atoms with Crippen molar-refractivity contribution in [1.82, 2.24) is 14.9 Å². The maximum absolute atomic E-state index is 5.42. The monoisotopic (exact) mass is 303 g/mol. The van der Waals surface area contributed by atoms with Crippen molar-refractivity contribution < 1.29 is 4.74 Å². The maximum atomic E-state index is 5.42. The highest BCUT2D eigenvalue weighted by molar-refractivity contribution is 5.50. The molecule has 0 unspecified atom stereocenters. The molecule has 3 heterocycles. The van der Waals surface area contributed by atoms with E-state index in [-0.39, 0.29) is 0 Å². The second-order valence-corrected chi connectivity index (χ2v) is 6.44. The fourth-order valence-electron chi connectivity index (χ4n) is 3.45. The Hall–Kier alpha value is -1.40. The Morgan fingerprint density at radius 1 is 0.864 bits per heavy atom. The molecule has 0 aromatic carbocycles. The molecule has 0 spiro atoms. The molecule has 0 radical (unpaired) electrons. The van der Waals surface area contributed by atoms with Gasteiger partial charge in [0.1, 0.15) is 18.0 Å². The Morgan fingerprint density at radius 2 is 1.59 bits per heavy atom. The lowest BCUT2D eigenvalue weighted by Gasteiger charge is -2.29. The van der Waals surface area contributed by atoms with Crippen LogP contribution >= 0.6 is 0 Å². The number of rotatable bonds is 3. The van der Waals surface area contributed by atoms with Crippen molar-refractivity contribution in [3.8, 4) is 0 Å². The van der Waals surface area contributed by atoms with Crippen LogP contribution in [-0.2, 0) is 4.74 Å². The average Bonchev–Trinajstić information content (AvgIpc) is 3.42. The molecule has 1 aromatic rings. The summed E-state index contributed by atoms with van der Waals surface area (Å²) in [5.74, 6) is 2.12. The number of anilines is 2. The minimum absolute atomic E-state index is 0.791. The lowest BCUT2D eigenvalue weighted by molar-refractivity contribution is 0.122. The second-order valence-electron chi connectivity index (χ2n) is 6.44. The lowest BCUT2D eigenvalue weighted by Crippen LogP contribution is -2.37. The summed E-state index contributed by atoms with van der Waals surface area (Å²) in [5, 5.41) is 0. The van der Waals surface area contributed by atoms with Gasteiger partial charge in [-0.2, -0.15) is 0 Å². The van der Waals surface area contributed by atoms with Crippen LogP contribution in [0.4, 0.5) is 11.6 Å². The Balaban J connectivity index is 1.44. The van der Waals surface area contributed by atoms with E-state index in [9.17, 15) is 0 Å². The van der Waals surface area contributed by atoms with Gasteiger partial charge in [0.15, 0.2) is 0 Å². The molecule has 120 valence electrons. The van der Waals surface area contributed by atoms with Crippen LogP contribution in [0.15, 0.2) is 12.4 Å². The van der Waals surface area contributed by atoms with E-state index < -0.39 is 0 Å². The van der Waals surface area contributed by atoms with E-state index in [2.05, 4.69) is 30.7 Å². The summed E-state index contributed by atoms with van der Waals surface area (Å²) in [6.45, 7) is 8.01. The highest BCUT2D eigenvalue weighted by Crippen LogP contribution is 2.28. The van der Waals surface area contributed by atoms with Crippen molar-refractivity contribution in [2.75, 3.05) is 62.3 Å². The van der Waals surface area contributed by atoms with Gasteiger partial charge in [-0.3, -0.25) is 4.90 Å². The molecule has 0 atom stereocenters. The summed E-state index contributed by atoms with van der Waals surface area (Å²) in [6.07, 6.45) is 5.74. The van der Waals surface area contributed by atoms with Crippen molar-refractivity contribution in [2.45, 2.75) is 25.3 Å². The molecular formula is C16H25N5O. The normalized spacial score (nSPS) is 24.4. The minimum Gasteiger partial charge on any atom is -0.378 e. The van der Waals surface area contributed by atoms with Crippen LogP contribution in [0.25, 0.3) is 0 Å².